The minimum Gasteiger partial charge on any atom is -0.115 e. The average Bonchev–Trinajstić information content (AvgIpc) is 3.24. The summed E-state index contributed by atoms with van der Waals surface area (Å²) in [5.74, 6) is 19.6. The Balaban J connectivity index is 0.899. The van der Waals surface area contributed by atoms with Crippen LogP contribution < -0.4 is 0 Å². The molecule has 0 N–H and O–H groups in total. The van der Waals surface area contributed by atoms with Crippen molar-refractivity contribution in [3.8, 4) is 48.4 Å². The lowest BCUT2D eigenvalue weighted by Crippen LogP contribution is -1.88. The third kappa shape index (κ3) is 4.49. The molecule has 0 atom stereocenters. The van der Waals surface area contributed by atoms with Crippen molar-refractivity contribution in [1.82, 2.24) is 0 Å². The Labute approximate surface area is 323 Å². The van der Waals surface area contributed by atoms with Crippen LogP contribution in [0.15, 0.2) is 146 Å². The summed E-state index contributed by atoms with van der Waals surface area (Å²) in [6.07, 6.45) is 11.5. The lowest BCUT2D eigenvalue weighted by Gasteiger charge is -2.12. The number of rotatable bonds is 0. The van der Waals surface area contributed by atoms with Crippen LogP contribution in [0.5, 0.6) is 0 Å². The fourth-order valence-corrected chi connectivity index (χ4v) is 9.26. The van der Waals surface area contributed by atoms with Gasteiger partial charge >= 0.3 is 0 Å². The van der Waals surface area contributed by atoms with Crippen molar-refractivity contribution in [2.75, 3.05) is 0 Å². The van der Waals surface area contributed by atoms with Gasteiger partial charge < -0.3 is 0 Å². The fraction of sp³-hybridized carbons (Fsp3) is 0. The van der Waals surface area contributed by atoms with E-state index >= 15 is 0 Å². The summed E-state index contributed by atoms with van der Waals surface area (Å²) in [4.78, 5) is 0. The minimum atomic E-state index is 0.906. The standard InChI is InChI=1S/C56H26/c1-3-33-21-39-9-13-43-25-35(26-44-14-10-40(22-33)51(39)53(43)44)5-7-37-29-47-17-19-49-31-38(32-50-20-18-48(30-37)55(47)56(49)50)8-6-36-27-45-15-11-41-23-34(4-2)24-42-12-16-46(28-36)54(45)52(41)42/h1-2,9-32H. The number of benzene rings is 12. The summed E-state index contributed by atoms with van der Waals surface area (Å²) in [7, 11) is 0. The first-order valence-electron chi connectivity index (χ1n) is 18.7. The van der Waals surface area contributed by atoms with Crippen molar-refractivity contribution in [2.24, 2.45) is 0 Å². The van der Waals surface area contributed by atoms with Crippen molar-refractivity contribution in [3.63, 3.8) is 0 Å². The number of hydrogen-bond donors (Lipinski definition) is 0. The van der Waals surface area contributed by atoms with Crippen molar-refractivity contribution in [3.05, 3.63) is 179 Å². The van der Waals surface area contributed by atoms with Crippen LogP contribution in [0.3, 0.4) is 0 Å². The van der Waals surface area contributed by atoms with Gasteiger partial charge in [0.1, 0.15) is 0 Å². The van der Waals surface area contributed by atoms with Gasteiger partial charge in [-0.05, 0) is 170 Å². The van der Waals surface area contributed by atoms with Gasteiger partial charge in [0.15, 0.2) is 0 Å². The van der Waals surface area contributed by atoms with Gasteiger partial charge in [0, 0.05) is 33.4 Å². The Hall–Kier alpha value is -8.00. The maximum atomic E-state index is 5.74. The Morgan fingerprint density at radius 2 is 0.357 bits per heavy atom. The zero-order valence-electron chi connectivity index (χ0n) is 30.0. The van der Waals surface area contributed by atoms with Gasteiger partial charge in [-0.2, -0.15) is 0 Å². The van der Waals surface area contributed by atoms with E-state index in [1.807, 2.05) is 0 Å². The molecule has 0 aromatic heterocycles. The molecule has 0 aliphatic carbocycles. The quantitative estimate of drug-likeness (QED) is 0.109. The van der Waals surface area contributed by atoms with E-state index < -0.39 is 0 Å². The average molecular weight is 699 g/mol. The van der Waals surface area contributed by atoms with E-state index in [9.17, 15) is 0 Å². The molecule has 0 saturated carbocycles. The SMILES string of the molecule is C#Cc1cc2ccc3cc(C#Cc4cc5ccc6cc(C#Cc7cc8ccc9cc(C#C)cc%10ccc(c7)c8c9%10)cc7ccc(c4)c5c67)cc4ccc(c1)c2c34. The lowest BCUT2D eigenvalue weighted by molar-refractivity contribution is 1.69. The molecule has 56 heavy (non-hydrogen) atoms. The summed E-state index contributed by atoms with van der Waals surface area (Å²) in [6.45, 7) is 0. The highest BCUT2D eigenvalue weighted by molar-refractivity contribution is 6.26. The zero-order valence-corrected chi connectivity index (χ0v) is 30.0. The van der Waals surface area contributed by atoms with Gasteiger partial charge in [0.25, 0.3) is 0 Å². The summed E-state index contributed by atoms with van der Waals surface area (Å²) >= 11 is 0. The molecular weight excluding hydrogens is 673 g/mol. The molecule has 0 nitrogen and oxygen atoms in total. The third-order valence-electron chi connectivity index (χ3n) is 11.6. The second-order valence-corrected chi connectivity index (χ2v) is 15.0. The molecule has 0 amide bonds. The van der Waals surface area contributed by atoms with Crippen molar-refractivity contribution >= 4 is 97.0 Å². The predicted octanol–water partition coefficient (Wildman–Crippen LogP) is 13.1. The highest BCUT2D eigenvalue weighted by Gasteiger charge is 2.13. The Morgan fingerprint density at radius 1 is 0.214 bits per heavy atom. The highest BCUT2D eigenvalue weighted by atomic mass is 14.2. The molecule has 0 saturated heterocycles. The van der Waals surface area contributed by atoms with Gasteiger partial charge in [-0.1, -0.05) is 108 Å². The Kier molecular flexibility index (Phi) is 6.12. The van der Waals surface area contributed by atoms with Crippen LogP contribution in [0, 0.1) is 48.4 Å². The smallest absolute Gasteiger partial charge is 0.0261 e. The molecule has 12 aromatic carbocycles. The van der Waals surface area contributed by atoms with Gasteiger partial charge in [0.2, 0.25) is 0 Å². The van der Waals surface area contributed by atoms with Gasteiger partial charge in [0.05, 0.1) is 0 Å². The van der Waals surface area contributed by atoms with E-state index in [0.717, 1.165) is 33.4 Å². The molecule has 12 rings (SSSR count). The van der Waals surface area contributed by atoms with Crippen LogP contribution in [0.25, 0.3) is 97.0 Å². The Morgan fingerprint density at radius 3 is 0.500 bits per heavy atom. The fourth-order valence-electron chi connectivity index (χ4n) is 9.26. The molecule has 0 heteroatoms. The van der Waals surface area contributed by atoms with E-state index in [1.165, 1.54) is 97.0 Å². The molecule has 0 aliphatic heterocycles. The Bertz CT molecular complexity index is 3430. The molecule has 0 unspecified atom stereocenters. The number of terminal acetylenes is 2. The van der Waals surface area contributed by atoms with E-state index in [4.69, 9.17) is 12.8 Å². The van der Waals surface area contributed by atoms with Crippen LogP contribution in [0.2, 0.25) is 0 Å². The lowest BCUT2D eigenvalue weighted by atomic mass is 9.91. The molecule has 0 radical (unpaired) electrons. The van der Waals surface area contributed by atoms with E-state index in [-0.39, 0.29) is 0 Å². The van der Waals surface area contributed by atoms with Gasteiger partial charge in [-0.25, -0.2) is 0 Å². The van der Waals surface area contributed by atoms with Crippen molar-refractivity contribution in [1.29, 1.82) is 0 Å². The maximum Gasteiger partial charge on any atom is 0.0261 e. The van der Waals surface area contributed by atoms with Crippen LogP contribution in [-0.2, 0) is 0 Å². The van der Waals surface area contributed by atoms with Gasteiger partial charge in [-0.15, -0.1) is 12.8 Å². The summed E-state index contributed by atoms with van der Waals surface area (Å²) in [6, 6.07) is 52.4. The van der Waals surface area contributed by atoms with Crippen LogP contribution >= 0.6 is 0 Å². The second-order valence-electron chi connectivity index (χ2n) is 15.0. The van der Waals surface area contributed by atoms with E-state index in [0.29, 0.717) is 0 Å². The largest absolute Gasteiger partial charge is 0.115 e. The normalized spacial score (nSPS) is 11.6. The molecule has 250 valence electrons. The van der Waals surface area contributed by atoms with E-state index in [2.05, 4.69) is 181 Å². The molecule has 12 aromatic rings. The highest BCUT2D eigenvalue weighted by Crippen LogP contribution is 2.39. The van der Waals surface area contributed by atoms with Crippen LogP contribution in [0.4, 0.5) is 0 Å². The maximum absolute atomic E-state index is 5.74. The van der Waals surface area contributed by atoms with Crippen molar-refractivity contribution < 1.29 is 0 Å². The second kappa shape index (κ2) is 11.3. The minimum absolute atomic E-state index is 0.906. The summed E-state index contributed by atoms with van der Waals surface area (Å²) in [5.41, 5.74) is 5.81. The predicted molar refractivity (Wildman–Crippen MR) is 238 cm³/mol. The third-order valence-corrected chi connectivity index (χ3v) is 11.6. The molecular formula is C56H26. The first-order valence-corrected chi connectivity index (χ1v) is 18.7. The topological polar surface area (TPSA) is 0 Å². The first-order chi connectivity index (χ1) is 27.6. The van der Waals surface area contributed by atoms with Crippen molar-refractivity contribution in [2.45, 2.75) is 0 Å². The van der Waals surface area contributed by atoms with Crippen LogP contribution in [0.1, 0.15) is 33.4 Å². The summed E-state index contributed by atoms with van der Waals surface area (Å²) in [5, 5.41) is 21.8. The van der Waals surface area contributed by atoms with Crippen LogP contribution in [-0.4, -0.2) is 0 Å². The number of hydrogen-bond acceptors (Lipinski definition) is 0. The molecule has 0 fully saturated rings. The molecule has 0 bridgehead atoms. The summed E-state index contributed by atoms with van der Waals surface area (Å²) < 4.78 is 0. The molecule has 0 spiro atoms. The van der Waals surface area contributed by atoms with E-state index in [1.54, 1.807) is 0 Å². The monoisotopic (exact) mass is 698 g/mol. The first kappa shape index (κ1) is 30.5. The van der Waals surface area contributed by atoms with Gasteiger partial charge in [-0.3, -0.25) is 0 Å². The zero-order chi connectivity index (χ0) is 37.1. The molecule has 0 aliphatic rings. The molecule has 0 heterocycles.